The molecule has 24 heavy (non-hydrogen) atoms. The Balaban J connectivity index is 1.94. The van der Waals surface area contributed by atoms with Crippen molar-refractivity contribution in [3.05, 3.63) is 76.3 Å². The van der Waals surface area contributed by atoms with Gasteiger partial charge in [0.1, 0.15) is 5.00 Å². The molecule has 4 nitrogen and oxygen atoms in total. The summed E-state index contributed by atoms with van der Waals surface area (Å²) in [7, 11) is 0. The Morgan fingerprint density at radius 1 is 1.00 bits per heavy atom. The molecular weight excluding hydrogens is 388 g/mol. The van der Waals surface area contributed by atoms with Crippen molar-refractivity contribution >= 4 is 44.1 Å². The number of nitrogens with two attached hydrogens (primary N) is 1. The maximum atomic E-state index is 12.4. The highest BCUT2D eigenvalue weighted by Crippen LogP contribution is 2.35. The van der Waals surface area contributed by atoms with E-state index in [1.165, 1.54) is 11.3 Å². The molecule has 3 rings (SSSR count). The van der Waals surface area contributed by atoms with Crippen LogP contribution in [0.1, 0.15) is 20.7 Å². The predicted octanol–water partition coefficient (Wildman–Crippen LogP) is 4.53. The summed E-state index contributed by atoms with van der Waals surface area (Å²) in [6.45, 7) is 0. The van der Waals surface area contributed by atoms with Crippen molar-refractivity contribution in [2.75, 3.05) is 5.32 Å². The van der Waals surface area contributed by atoms with E-state index in [1.54, 1.807) is 24.3 Å². The van der Waals surface area contributed by atoms with Crippen molar-refractivity contribution in [1.82, 2.24) is 0 Å². The lowest BCUT2D eigenvalue weighted by Crippen LogP contribution is -2.16. The van der Waals surface area contributed by atoms with Gasteiger partial charge in [0.25, 0.3) is 11.8 Å². The van der Waals surface area contributed by atoms with E-state index in [-0.39, 0.29) is 5.91 Å². The first-order valence-electron chi connectivity index (χ1n) is 7.10. The van der Waals surface area contributed by atoms with Gasteiger partial charge < -0.3 is 11.1 Å². The van der Waals surface area contributed by atoms with E-state index in [1.807, 2.05) is 36.4 Å². The summed E-state index contributed by atoms with van der Waals surface area (Å²) < 4.78 is 0.807. The normalized spacial score (nSPS) is 10.4. The van der Waals surface area contributed by atoms with E-state index in [0.29, 0.717) is 16.1 Å². The fourth-order valence-electron chi connectivity index (χ4n) is 2.22. The van der Waals surface area contributed by atoms with Crippen molar-refractivity contribution < 1.29 is 9.59 Å². The molecule has 0 aliphatic carbocycles. The van der Waals surface area contributed by atoms with Crippen LogP contribution in [0.5, 0.6) is 0 Å². The number of amides is 2. The Morgan fingerprint density at radius 3 is 2.42 bits per heavy atom. The van der Waals surface area contributed by atoms with Gasteiger partial charge in [0.15, 0.2) is 0 Å². The van der Waals surface area contributed by atoms with Crippen LogP contribution in [0.15, 0.2) is 65.1 Å². The second kappa shape index (κ2) is 6.98. The van der Waals surface area contributed by atoms with Crippen molar-refractivity contribution in [1.29, 1.82) is 0 Å². The average Bonchev–Trinajstić information content (AvgIpc) is 3.00. The Labute approximate surface area is 151 Å². The van der Waals surface area contributed by atoms with Gasteiger partial charge in [-0.3, -0.25) is 9.59 Å². The summed E-state index contributed by atoms with van der Waals surface area (Å²) in [5.41, 5.74) is 7.22. The molecule has 120 valence electrons. The minimum atomic E-state index is -0.571. The standard InChI is InChI=1S/C18H13BrN2O2S/c19-13-8-4-7-12(9-13)17(23)21-18-14(16(20)22)10-15(24-18)11-5-2-1-3-6-11/h1-10H,(H2,20,22)(H,21,23). The smallest absolute Gasteiger partial charge is 0.256 e. The van der Waals surface area contributed by atoms with E-state index >= 15 is 0 Å². The van der Waals surface area contributed by atoms with Gasteiger partial charge in [0.2, 0.25) is 0 Å². The van der Waals surface area contributed by atoms with Crippen molar-refractivity contribution in [2.24, 2.45) is 5.73 Å². The first-order chi connectivity index (χ1) is 11.5. The molecule has 0 radical (unpaired) electrons. The van der Waals surface area contributed by atoms with Gasteiger partial charge in [-0.2, -0.15) is 0 Å². The largest absolute Gasteiger partial charge is 0.366 e. The molecule has 0 saturated heterocycles. The second-order valence-electron chi connectivity index (χ2n) is 5.05. The zero-order chi connectivity index (χ0) is 17.1. The van der Waals surface area contributed by atoms with Gasteiger partial charge in [0, 0.05) is 14.9 Å². The van der Waals surface area contributed by atoms with Gasteiger partial charge in [-0.1, -0.05) is 52.3 Å². The number of hydrogen-bond acceptors (Lipinski definition) is 3. The maximum absolute atomic E-state index is 12.4. The molecule has 2 amide bonds. The van der Waals surface area contributed by atoms with E-state index in [4.69, 9.17) is 5.73 Å². The Hall–Kier alpha value is -2.44. The lowest BCUT2D eigenvalue weighted by molar-refractivity contribution is 0.100. The third kappa shape index (κ3) is 3.55. The number of carbonyl (C=O) groups is 2. The van der Waals surface area contributed by atoms with Crippen LogP contribution in [0.25, 0.3) is 10.4 Å². The Morgan fingerprint density at radius 2 is 1.75 bits per heavy atom. The van der Waals surface area contributed by atoms with Crippen LogP contribution in [0, 0.1) is 0 Å². The van der Waals surface area contributed by atoms with Crippen LogP contribution in [-0.4, -0.2) is 11.8 Å². The van der Waals surface area contributed by atoms with Gasteiger partial charge in [-0.15, -0.1) is 11.3 Å². The Kier molecular flexibility index (Phi) is 4.78. The number of thiophene rings is 1. The number of primary amides is 1. The third-order valence-electron chi connectivity index (χ3n) is 3.37. The molecule has 1 aromatic heterocycles. The highest BCUT2D eigenvalue weighted by molar-refractivity contribution is 9.10. The van der Waals surface area contributed by atoms with Crippen molar-refractivity contribution in [3.8, 4) is 10.4 Å². The van der Waals surface area contributed by atoms with Crippen molar-refractivity contribution in [2.45, 2.75) is 0 Å². The molecule has 0 aliphatic heterocycles. The number of anilines is 1. The number of benzene rings is 2. The first kappa shape index (κ1) is 16.4. The lowest BCUT2D eigenvalue weighted by Gasteiger charge is -2.05. The molecule has 6 heteroatoms. The average molecular weight is 401 g/mol. The van der Waals surface area contributed by atoms with Crippen LogP contribution in [-0.2, 0) is 0 Å². The SMILES string of the molecule is NC(=O)c1cc(-c2ccccc2)sc1NC(=O)c1cccc(Br)c1. The molecule has 2 aromatic carbocycles. The van der Waals surface area contributed by atoms with E-state index in [0.717, 1.165) is 14.9 Å². The van der Waals surface area contributed by atoms with Crippen LogP contribution < -0.4 is 11.1 Å². The minimum absolute atomic E-state index is 0.291. The predicted molar refractivity (Wildman–Crippen MR) is 100 cm³/mol. The molecule has 0 fully saturated rings. The molecule has 0 unspecified atom stereocenters. The molecule has 0 saturated carbocycles. The summed E-state index contributed by atoms with van der Waals surface area (Å²) >= 11 is 4.66. The van der Waals surface area contributed by atoms with Gasteiger partial charge >= 0.3 is 0 Å². The molecule has 0 bridgehead atoms. The molecule has 0 spiro atoms. The molecule has 0 aliphatic rings. The van der Waals surface area contributed by atoms with E-state index in [9.17, 15) is 9.59 Å². The molecular formula is C18H13BrN2O2S. The summed E-state index contributed by atoms with van der Waals surface area (Å²) in [5.74, 6) is -0.863. The quantitative estimate of drug-likeness (QED) is 0.674. The number of nitrogens with one attached hydrogen (secondary N) is 1. The monoisotopic (exact) mass is 400 g/mol. The zero-order valence-corrected chi connectivity index (χ0v) is 14.9. The molecule has 0 atom stereocenters. The fraction of sp³-hybridized carbons (Fsp3) is 0. The second-order valence-corrected chi connectivity index (χ2v) is 7.02. The van der Waals surface area contributed by atoms with E-state index < -0.39 is 5.91 Å². The first-order valence-corrected chi connectivity index (χ1v) is 8.71. The fourth-order valence-corrected chi connectivity index (χ4v) is 3.68. The topological polar surface area (TPSA) is 72.2 Å². The lowest BCUT2D eigenvalue weighted by atomic mass is 10.1. The number of carbonyl (C=O) groups excluding carboxylic acids is 2. The summed E-state index contributed by atoms with van der Waals surface area (Å²) in [6.07, 6.45) is 0. The summed E-state index contributed by atoms with van der Waals surface area (Å²) in [4.78, 5) is 25.0. The van der Waals surface area contributed by atoms with Crippen molar-refractivity contribution in [3.63, 3.8) is 0 Å². The highest BCUT2D eigenvalue weighted by Gasteiger charge is 2.17. The van der Waals surface area contributed by atoms with Crippen LogP contribution in [0.2, 0.25) is 0 Å². The van der Waals surface area contributed by atoms with Crippen LogP contribution in [0.3, 0.4) is 0 Å². The Bertz CT molecular complexity index is 906. The maximum Gasteiger partial charge on any atom is 0.256 e. The third-order valence-corrected chi connectivity index (χ3v) is 4.96. The summed E-state index contributed by atoms with van der Waals surface area (Å²) in [5, 5.41) is 3.23. The van der Waals surface area contributed by atoms with Crippen LogP contribution in [0.4, 0.5) is 5.00 Å². The highest BCUT2D eigenvalue weighted by atomic mass is 79.9. The number of rotatable bonds is 4. The molecule has 3 N–H and O–H groups in total. The molecule has 3 aromatic rings. The zero-order valence-electron chi connectivity index (χ0n) is 12.5. The molecule has 1 heterocycles. The van der Waals surface area contributed by atoms with Gasteiger partial charge in [-0.05, 0) is 29.8 Å². The number of halogens is 1. The summed E-state index contributed by atoms with van der Waals surface area (Å²) in [6, 6.07) is 18.4. The minimum Gasteiger partial charge on any atom is -0.366 e. The number of hydrogen-bond donors (Lipinski definition) is 2. The van der Waals surface area contributed by atoms with Gasteiger partial charge in [0.05, 0.1) is 5.56 Å². The van der Waals surface area contributed by atoms with Crippen LogP contribution >= 0.6 is 27.3 Å². The van der Waals surface area contributed by atoms with E-state index in [2.05, 4.69) is 21.2 Å². The van der Waals surface area contributed by atoms with Gasteiger partial charge in [-0.25, -0.2) is 0 Å².